The molecule has 2 N–H and O–H groups in total. The van der Waals surface area contributed by atoms with Crippen LogP contribution in [0, 0.1) is 0 Å². The molecule has 0 radical (unpaired) electrons. The van der Waals surface area contributed by atoms with Crippen molar-refractivity contribution < 1.29 is 4.79 Å². The third-order valence-corrected chi connectivity index (χ3v) is 3.35. The largest absolute Gasteiger partial charge is 0.336 e. The summed E-state index contributed by atoms with van der Waals surface area (Å²) in [6, 6.07) is 0.936. The Bertz CT molecular complexity index is 241. The van der Waals surface area contributed by atoms with Gasteiger partial charge < -0.3 is 5.32 Å². The Labute approximate surface area is 111 Å². The van der Waals surface area contributed by atoms with Crippen LogP contribution in [0.3, 0.4) is 0 Å². The van der Waals surface area contributed by atoms with E-state index in [9.17, 15) is 4.79 Å². The van der Waals surface area contributed by atoms with E-state index < -0.39 is 0 Å². The Hall–Kier alpha value is -0.810. The van der Waals surface area contributed by atoms with Crippen LogP contribution in [0.4, 0.5) is 4.79 Å². The molecule has 5 nitrogen and oxygen atoms in total. The summed E-state index contributed by atoms with van der Waals surface area (Å²) in [7, 11) is 0. The summed E-state index contributed by atoms with van der Waals surface area (Å²) in [5.74, 6) is 0. The lowest BCUT2D eigenvalue weighted by molar-refractivity contribution is 0.170. The van der Waals surface area contributed by atoms with E-state index in [1.807, 2.05) is 5.01 Å². The number of urea groups is 1. The molecule has 0 saturated carbocycles. The summed E-state index contributed by atoms with van der Waals surface area (Å²) in [5, 5.41) is 4.90. The highest BCUT2D eigenvalue weighted by Crippen LogP contribution is 2.04. The summed E-state index contributed by atoms with van der Waals surface area (Å²) in [4.78, 5) is 14.0. The molecule has 0 bridgehead atoms. The highest BCUT2D eigenvalue weighted by Gasteiger charge is 2.15. The third-order valence-electron chi connectivity index (χ3n) is 3.35. The number of carbonyl (C=O) groups is 1. The van der Waals surface area contributed by atoms with E-state index in [1.165, 1.54) is 12.8 Å². The highest BCUT2D eigenvalue weighted by molar-refractivity contribution is 5.73. The predicted molar refractivity (Wildman–Crippen MR) is 74.3 cm³/mol. The maximum atomic E-state index is 11.6. The molecular weight excluding hydrogens is 228 g/mol. The minimum absolute atomic E-state index is 0.0793. The first-order valence-electron chi connectivity index (χ1n) is 7.06. The van der Waals surface area contributed by atoms with Gasteiger partial charge in [-0.2, -0.15) is 0 Å². The molecule has 0 unspecified atom stereocenters. The first kappa shape index (κ1) is 15.2. The van der Waals surface area contributed by atoms with Crippen molar-refractivity contribution in [1.29, 1.82) is 0 Å². The first-order valence-corrected chi connectivity index (χ1v) is 7.06. The van der Waals surface area contributed by atoms with E-state index >= 15 is 0 Å². The second-order valence-corrected chi connectivity index (χ2v) is 5.49. The maximum absolute atomic E-state index is 11.6. The number of hydrazine groups is 1. The fourth-order valence-corrected chi connectivity index (χ4v) is 2.42. The Morgan fingerprint density at radius 2 is 1.72 bits per heavy atom. The number of hydrogen-bond acceptors (Lipinski definition) is 3. The van der Waals surface area contributed by atoms with Crippen molar-refractivity contribution in [3.63, 3.8) is 0 Å². The average Bonchev–Trinajstić information content (AvgIpc) is 2.75. The molecule has 1 fully saturated rings. The molecule has 1 aliphatic rings. The number of carbonyl (C=O) groups excluding carboxylic acids is 1. The molecule has 0 aliphatic carbocycles. The quantitative estimate of drug-likeness (QED) is 0.755. The molecule has 1 aliphatic heterocycles. The molecule has 18 heavy (non-hydrogen) atoms. The van der Waals surface area contributed by atoms with Gasteiger partial charge in [-0.05, 0) is 40.5 Å². The Morgan fingerprint density at radius 3 is 2.22 bits per heavy atom. The number of nitrogens with one attached hydrogen (secondary N) is 2. The summed E-state index contributed by atoms with van der Waals surface area (Å²) in [6.07, 6.45) is 2.35. The van der Waals surface area contributed by atoms with Crippen molar-refractivity contribution in [3.05, 3.63) is 0 Å². The van der Waals surface area contributed by atoms with Crippen molar-refractivity contribution >= 4 is 6.03 Å². The molecule has 106 valence electrons. The molecule has 1 heterocycles. The maximum Gasteiger partial charge on any atom is 0.329 e. The average molecular weight is 256 g/mol. The van der Waals surface area contributed by atoms with Crippen LogP contribution < -0.4 is 10.7 Å². The van der Waals surface area contributed by atoms with Gasteiger partial charge in [0, 0.05) is 38.3 Å². The fraction of sp³-hybridized carbons (Fsp3) is 0.923. The Balaban J connectivity index is 2.17. The van der Waals surface area contributed by atoms with Gasteiger partial charge in [0.15, 0.2) is 0 Å². The van der Waals surface area contributed by atoms with Crippen LogP contribution >= 0.6 is 0 Å². The first-order chi connectivity index (χ1) is 8.50. The van der Waals surface area contributed by atoms with E-state index in [4.69, 9.17) is 0 Å². The van der Waals surface area contributed by atoms with Crippen molar-refractivity contribution in [2.45, 2.75) is 52.6 Å². The van der Waals surface area contributed by atoms with Gasteiger partial charge in [0.05, 0.1) is 0 Å². The lowest BCUT2D eigenvalue weighted by Crippen LogP contribution is -2.48. The Morgan fingerprint density at radius 1 is 1.17 bits per heavy atom. The van der Waals surface area contributed by atoms with E-state index in [0.717, 1.165) is 19.6 Å². The van der Waals surface area contributed by atoms with Gasteiger partial charge in [-0.15, -0.1) is 0 Å². The second-order valence-electron chi connectivity index (χ2n) is 5.49. The van der Waals surface area contributed by atoms with E-state index in [2.05, 4.69) is 43.3 Å². The molecule has 0 spiro atoms. The van der Waals surface area contributed by atoms with Crippen LogP contribution in [0.25, 0.3) is 0 Å². The van der Waals surface area contributed by atoms with Gasteiger partial charge in [-0.3, -0.25) is 10.3 Å². The van der Waals surface area contributed by atoms with Gasteiger partial charge in [-0.25, -0.2) is 9.80 Å². The van der Waals surface area contributed by atoms with Crippen LogP contribution in [0.1, 0.15) is 40.5 Å². The van der Waals surface area contributed by atoms with Crippen LogP contribution in [-0.2, 0) is 0 Å². The van der Waals surface area contributed by atoms with Crippen LogP contribution in [0.15, 0.2) is 0 Å². The van der Waals surface area contributed by atoms with E-state index in [-0.39, 0.29) is 6.03 Å². The van der Waals surface area contributed by atoms with E-state index in [0.29, 0.717) is 18.6 Å². The fourth-order valence-electron chi connectivity index (χ4n) is 2.42. The monoisotopic (exact) mass is 256 g/mol. The number of rotatable bonds is 6. The molecule has 0 atom stereocenters. The van der Waals surface area contributed by atoms with Gasteiger partial charge in [0.1, 0.15) is 0 Å². The zero-order valence-corrected chi connectivity index (χ0v) is 12.2. The van der Waals surface area contributed by atoms with Crippen molar-refractivity contribution in [3.8, 4) is 0 Å². The molecular formula is C13H28N4O. The smallest absolute Gasteiger partial charge is 0.329 e. The van der Waals surface area contributed by atoms with E-state index in [1.54, 1.807) is 0 Å². The normalized spacial score (nSPS) is 16.8. The van der Waals surface area contributed by atoms with Crippen LogP contribution in [0.2, 0.25) is 0 Å². The van der Waals surface area contributed by atoms with Gasteiger partial charge in [-0.1, -0.05) is 0 Å². The minimum atomic E-state index is -0.0793. The molecule has 2 amide bonds. The number of amides is 2. The van der Waals surface area contributed by atoms with Crippen LogP contribution in [0.5, 0.6) is 0 Å². The summed E-state index contributed by atoms with van der Waals surface area (Å²) >= 11 is 0. The topological polar surface area (TPSA) is 47.6 Å². The summed E-state index contributed by atoms with van der Waals surface area (Å²) in [6.45, 7) is 12.3. The molecule has 0 aromatic rings. The molecule has 0 aromatic heterocycles. The van der Waals surface area contributed by atoms with Crippen molar-refractivity contribution in [2.24, 2.45) is 0 Å². The van der Waals surface area contributed by atoms with Gasteiger partial charge >= 0.3 is 6.03 Å². The van der Waals surface area contributed by atoms with Crippen molar-refractivity contribution in [1.82, 2.24) is 20.7 Å². The Kier molecular flexibility index (Phi) is 6.43. The highest BCUT2D eigenvalue weighted by atomic mass is 16.2. The lowest BCUT2D eigenvalue weighted by Gasteiger charge is -2.30. The van der Waals surface area contributed by atoms with Gasteiger partial charge in [0.25, 0.3) is 0 Å². The van der Waals surface area contributed by atoms with Gasteiger partial charge in [0.2, 0.25) is 0 Å². The molecule has 5 heteroatoms. The van der Waals surface area contributed by atoms with Crippen molar-refractivity contribution in [2.75, 3.05) is 26.2 Å². The third kappa shape index (κ3) is 5.23. The SMILES string of the molecule is CC(C)N(CCNC(=O)NN1CCCC1)C(C)C. The summed E-state index contributed by atoms with van der Waals surface area (Å²) in [5.41, 5.74) is 2.88. The second kappa shape index (κ2) is 7.59. The number of hydrogen-bond donors (Lipinski definition) is 2. The zero-order valence-electron chi connectivity index (χ0n) is 12.2. The van der Waals surface area contributed by atoms with Crippen LogP contribution in [-0.4, -0.2) is 54.2 Å². The number of nitrogens with zero attached hydrogens (tertiary/aromatic N) is 2. The molecule has 0 aromatic carbocycles. The zero-order chi connectivity index (χ0) is 13.5. The predicted octanol–water partition coefficient (Wildman–Crippen LogP) is 1.42. The molecule has 1 saturated heterocycles. The summed E-state index contributed by atoms with van der Waals surface area (Å²) < 4.78 is 0. The lowest BCUT2D eigenvalue weighted by atomic mass is 10.2. The molecule has 1 rings (SSSR count). The minimum Gasteiger partial charge on any atom is -0.336 e. The standard InChI is InChI=1S/C13H28N4O/c1-11(2)17(12(3)4)10-7-14-13(18)15-16-8-5-6-9-16/h11-12H,5-10H2,1-4H3,(H2,14,15,18).